The average molecular weight is 286 g/mol. The number of nitrogens with one attached hydrogen (secondary N) is 1. The largest absolute Gasteiger partial charge is 0.385 e. The summed E-state index contributed by atoms with van der Waals surface area (Å²) in [6.45, 7) is 5.03. The highest BCUT2D eigenvalue weighted by molar-refractivity contribution is 5.42. The van der Waals surface area contributed by atoms with Crippen molar-refractivity contribution in [2.75, 3.05) is 31.5 Å². The summed E-state index contributed by atoms with van der Waals surface area (Å²) in [5, 5.41) is 3.51. The van der Waals surface area contributed by atoms with Gasteiger partial charge in [-0.2, -0.15) is 0 Å². The van der Waals surface area contributed by atoms with Crippen molar-refractivity contribution in [2.24, 2.45) is 5.41 Å². The van der Waals surface area contributed by atoms with Gasteiger partial charge in [-0.05, 0) is 69.3 Å². The molecule has 116 valence electrons. The Hall–Kier alpha value is -1.02. The number of piperidine rings is 1. The van der Waals surface area contributed by atoms with Crippen molar-refractivity contribution in [3.63, 3.8) is 0 Å². The molecule has 1 heterocycles. The van der Waals surface area contributed by atoms with E-state index in [4.69, 9.17) is 0 Å². The van der Waals surface area contributed by atoms with Crippen LogP contribution in [0.3, 0.4) is 0 Å². The van der Waals surface area contributed by atoms with Gasteiger partial charge >= 0.3 is 0 Å². The zero-order valence-corrected chi connectivity index (χ0v) is 13.3. The van der Waals surface area contributed by atoms with Gasteiger partial charge in [0.2, 0.25) is 0 Å². The predicted octanol–water partition coefficient (Wildman–Crippen LogP) is 4.53. The van der Waals surface area contributed by atoms with Crippen LogP contribution in [0.5, 0.6) is 0 Å². The number of anilines is 1. The second-order valence-electron chi connectivity index (χ2n) is 7.05. The van der Waals surface area contributed by atoms with Gasteiger partial charge in [0.25, 0.3) is 0 Å². The first-order valence-electron chi connectivity index (χ1n) is 8.88. The summed E-state index contributed by atoms with van der Waals surface area (Å²) >= 11 is 0. The fourth-order valence-electron chi connectivity index (χ4n) is 4.14. The van der Waals surface area contributed by atoms with Crippen LogP contribution in [0.4, 0.5) is 5.69 Å². The van der Waals surface area contributed by atoms with Crippen molar-refractivity contribution >= 4 is 5.69 Å². The van der Waals surface area contributed by atoms with E-state index in [1.54, 1.807) is 0 Å². The standard InChI is InChI=1S/C19H30N2/c1-3-8-18(9-4-1)20-14-7-15-21-16-12-19(13-17-21)10-5-2-6-11-19/h1,3-4,8-9,20H,2,5-7,10-17H2. The normalized spacial score (nSPS) is 22.3. The molecule has 0 atom stereocenters. The first kappa shape index (κ1) is 14.9. The maximum atomic E-state index is 3.51. The molecule has 2 nitrogen and oxygen atoms in total. The number of likely N-dealkylation sites (tertiary alicyclic amines) is 1. The third kappa shape index (κ3) is 4.23. The van der Waals surface area contributed by atoms with Crippen LogP contribution in [-0.2, 0) is 0 Å². The van der Waals surface area contributed by atoms with Gasteiger partial charge in [-0.1, -0.05) is 37.5 Å². The minimum atomic E-state index is 0.747. The Morgan fingerprint density at radius 3 is 2.33 bits per heavy atom. The molecule has 2 heteroatoms. The van der Waals surface area contributed by atoms with E-state index in [1.807, 2.05) is 0 Å². The zero-order chi connectivity index (χ0) is 14.4. The molecule has 0 amide bonds. The summed E-state index contributed by atoms with van der Waals surface area (Å²) < 4.78 is 0. The molecule has 21 heavy (non-hydrogen) atoms. The van der Waals surface area contributed by atoms with Crippen LogP contribution in [0.25, 0.3) is 0 Å². The van der Waals surface area contributed by atoms with Gasteiger partial charge in [-0.15, -0.1) is 0 Å². The summed E-state index contributed by atoms with van der Waals surface area (Å²) in [6, 6.07) is 10.6. The van der Waals surface area contributed by atoms with Gasteiger partial charge in [0.1, 0.15) is 0 Å². The molecule has 3 rings (SSSR count). The molecular formula is C19H30N2. The summed E-state index contributed by atoms with van der Waals surface area (Å²) in [5.41, 5.74) is 1.99. The van der Waals surface area contributed by atoms with Crippen molar-refractivity contribution < 1.29 is 0 Å². The molecule has 1 N–H and O–H groups in total. The number of benzene rings is 1. The summed E-state index contributed by atoms with van der Waals surface area (Å²) in [6.07, 6.45) is 11.6. The molecule has 1 spiro atoms. The van der Waals surface area contributed by atoms with Crippen LogP contribution < -0.4 is 5.32 Å². The van der Waals surface area contributed by atoms with Crippen LogP contribution >= 0.6 is 0 Å². The topological polar surface area (TPSA) is 15.3 Å². The molecule has 1 saturated heterocycles. The monoisotopic (exact) mass is 286 g/mol. The van der Waals surface area contributed by atoms with Crippen molar-refractivity contribution in [2.45, 2.75) is 51.4 Å². The molecule has 0 bridgehead atoms. The quantitative estimate of drug-likeness (QED) is 0.800. The second-order valence-corrected chi connectivity index (χ2v) is 7.05. The number of para-hydroxylation sites is 1. The van der Waals surface area contributed by atoms with Gasteiger partial charge in [-0.25, -0.2) is 0 Å². The summed E-state index contributed by atoms with van der Waals surface area (Å²) in [7, 11) is 0. The van der Waals surface area contributed by atoms with Crippen LogP contribution in [0.1, 0.15) is 51.4 Å². The smallest absolute Gasteiger partial charge is 0.0340 e. The molecule has 0 unspecified atom stereocenters. The van der Waals surface area contributed by atoms with Crippen LogP contribution in [-0.4, -0.2) is 31.1 Å². The zero-order valence-electron chi connectivity index (χ0n) is 13.3. The lowest BCUT2D eigenvalue weighted by Crippen LogP contribution is -2.41. The highest BCUT2D eigenvalue weighted by Crippen LogP contribution is 2.44. The molecule has 1 aliphatic carbocycles. The first-order chi connectivity index (χ1) is 10.4. The molecule has 1 aromatic rings. The number of rotatable bonds is 5. The SMILES string of the molecule is c1ccc(NCCCN2CCC3(CCCCC3)CC2)cc1. The molecule has 1 aliphatic heterocycles. The fraction of sp³-hybridized carbons (Fsp3) is 0.684. The first-order valence-corrected chi connectivity index (χ1v) is 8.88. The predicted molar refractivity (Wildman–Crippen MR) is 90.7 cm³/mol. The highest BCUT2D eigenvalue weighted by Gasteiger charge is 2.35. The van der Waals surface area contributed by atoms with E-state index in [-0.39, 0.29) is 0 Å². The second kappa shape index (κ2) is 7.31. The average Bonchev–Trinajstić information content (AvgIpc) is 2.55. The maximum Gasteiger partial charge on any atom is 0.0340 e. The van der Waals surface area contributed by atoms with Crippen molar-refractivity contribution in [3.05, 3.63) is 30.3 Å². The van der Waals surface area contributed by atoms with Crippen molar-refractivity contribution in [1.82, 2.24) is 4.90 Å². The lowest BCUT2D eigenvalue weighted by atomic mass is 9.68. The maximum absolute atomic E-state index is 3.51. The van der Waals surface area contributed by atoms with E-state index in [9.17, 15) is 0 Å². The molecular weight excluding hydrogens is 256 g/mol. The van der Waals surface area contributed by atoms with E-state index in [1.165, 1.54) is 76.7 Å². The van der Waals surface area contributed by atoms with Gasteiger partial charge in [0.15, 0.2) is 0 Å². The third-order valence-corrected chi connectivity index (χ3v) is 5.58. The Bertz CT molecular complexity index is 399. The third-order valence-electron chi connectivity index (χ3n) is 5.58. The van der Waals surface area contributed by atoms with Gasteiger partial charge in [0.05, 0.1) is 0 Å². The Morgan fingerprint density at radius 1 is 0.905 bits per heavy atom. The minimum absolute atomic E-state index is 0.747. The number of hydrogen-bond donors (Lipinski definition) is 1. The highest BCUT2D eigenvalue weighted by atomic mass is 15.1. The summed E-state index contributed by atoms with van der Waals surface area (Å²) in [4.78, 5) is 2.69. The van der Waals surface area contributed by atoms with E-state index in [0.29, 0.717) is 0 Å². The molecule has 0 radical (unpaired) electrons. The Labute approximate surface area is 129 Å². The van der Waals surface area contributed by atoms with E-state index in [2.05, 4.69) is 40.5 Å². The summed E-state index contributed by atoms with van der Waals surface area (Å²) in [5.74, 6) is 0. The Kier molecular flexibility index (Phi) is 5.18. The van der Waals surface area contributed by atoms with Crippen LogP contribution in [0, 0.1) is 5.41 Å². The van der Waals surface area contributed by atoms with Crippen LogP contribution in [0.15, 0.2) is 30.3 Å². The lowest BCUT2D eigenvalue weighted by molar-refractivity contribution is 0.0678. The van der Waals surface area contributed by atoms with Crippen LogP contribution in [0.2, 0.25) is 0 Å². The number of hydrogen-bond acceptors (Lipinski definition) is 2. The van der Waals surface area contributed by atoms with Gasteiger partial charge in [-0.3, -0.25) is 0 Å². The number of nitrogens with zero attached hydrogens (tertiary/aromatic N) is 1. The van der Waals surface area contributed by atoms with E-state index < -0.39 is 0 Å². The Balaban J connectivity index is 1.32. The Morgan fingerprint density at radius 2 is 1.62 bits per heavy atom. The molecule has 1 aromatic carbocycles. The van der Waals surface area contributed by atoms with Gasteiger partial charge < -0.3 is 10.2 Å². The molecule has 2 aliphatic rings. The van der Waals surface area contributed by atoms with Crippen molar-refractivity contribution in [3.8, 4) is 0 Å². The van der Waals surface area contributed by atoms with E-state index >= 15 is 0 Å². The van der Waals surface area contributed by atoms with E-state index in [0.717, 1.165) is 12.0 Å². The minimum Gasteiger partial charge on any atom is -0.385 e. The molecule has 1 saturated carbocycles. The molecule has 2 fully saturated rings. The molecule has 0 aromatic heterocycles. The van der Waals surface area contributed by atoms with Crippen molar-refractivity contribution in [1.29, 1.82) is 0 Å². The lowest BCUT2D eigenvalue weighted by Gasteiger charge is -2.44. The van der Waals surface area contributed by atoms with Gasteiger partial charge in [0, 0.05) is 12.2 Å². The fourth-order valence-corrected chi connectivity index (χ4v) is 4.14.